The normalized spacial score (nSPS) is 15.5. The van der Waals surface area contributed by atoms with E-state index in [1.54, 1.807) is 6.07 Å². The summed E-state index contributed by atoms with van der Waals surface area (Å²) in [7, 11) is -0.918. The fourth-order valence-electron chi connectivity index (χ4n) is 3.96. The van der Waals surface area contributed by atoms with E-state index in [0.717, 1.165) is 26.3 Å². The lowest BCUT2D eigenvalue weighted by Gasteiger charge is -2.27. The van der Waals surface area contributed by atoms with Crippen LogP contribution in [0.1, 0.15) is 21.7 Å². The van der Waals surface area contributed by atoms with E-state index in [9.17, 15) is 18.0 Å². The predicted octanol–water partition coefficient (Wildman–Crippen LogP) is 2.24. The van der Waals surface area contributed by atoms with Gasteiger partial charge in [-0.05, 0) is 38.1 Å². The van der Waals surface area contributed by atoms with E-state index < -0.39 is 15.6 Å². The van der Waals surface area contributed by atoms with Crippen molar-refractivity contribution in [3.8, 4) is 11.5 Å². The summed E-state index contributed by atoms with van der Waals surface area (Å²) >= 11 is 0. The number of pyridine rings is 1. The van der Waals surface area contributed by atoms with Crippen molar-refractivity contribution in [1.82, 2.24) is 13.4 Å². The number of ketones is 1. The molecule has 1 unspecified atom stereocenters. The van der Waals surface area contributed by atoms with Crippen LogP contribution in [0.25, 0.3) is 0 Å². The molecule has 0 bridgehead atoms. The lowest BCUT2D eigenvalue weighted by atomic mass is 10.1. The van der Waals surface area contributed by atoms with Crippen LogP contribution in [0.5, 0.6) is 11.5 Å². The number of para-hydroxylation sites is 2. The molecule has 9 nitrogen and oxygen atoms in total. The number of ether oxygens (including phenoxy) is 2. The minimum absolute atomic E-state index is 0.0508. The highest BCUT2D eigenvalue weighted by atomic mass is 32.2. The molecule has 0 amide bonds. The molecule has 0 N–H and O–H groups in total. The molecule has 4 rings (SSSR count). The van der Waals surface area contributed by atoms with Crippen molar-refractivity contribution in [2.24, 2.45) is 0 Å². The van der Waals surface area contributed by atoms with Gasteiger partial charge in [0.25, 0.3) is 5.56 Å². The second-order valence-electron chi connectivity index (χ2n) is 8.43. The van der Waals surface area contributed by atoms with E-state index in [2.05, 4.69) is 0 Å². The standard InChI is InChI=1S/C24H27N3O6S/c1-16-11-20(17(2)27(16)12-18-15-32-22-7-5-6-8-23(22)33-18)21(28)14-26-13-19(9-10-24(26)29)34(30,31)25(3)4/h5-11,13,18H,12,14-15H2,1-4H3. The molecule has 0 saturated heterocycles. The monoisotopic (exact) mass is 485 g/mol. The third-order valence-electron chi connectivity index (χ3n) is 5.88. The zero-order valence-corrected chi connectivity index (χ0v) is 20.3. The molecule has 2 aromatic heterocycles. The van der Waals surface area contributed by atoms with Crippen LogP contribution in [0, 0.1) is 13.8 Å². The highest BCUT2D eigenvalue weighted by Gasteiger charge is 2.24. The SMILES string of the molecule is Cc1cc(C(=O)Cn2cc(S(=O)(=O)N(C)C)ccc2=O)c(C)n1CC1COc2ccccc2O1. The number of Topliss-reactive ketones (excluding diaryl/α,β-unsaturated/α-hetero) is 1. The first kappa shape index (κ1) is 23.8. The molecule has 1 aromatic carbocycles. The molecule has 3 heterocycles. The third kappa shape index (κ3) is 4.51. The number of benzene rings is 1. The number of fused-ring (bicyclic) bond motifs is 1. The lowest BCUT2D eigenvalue weighted by Crippen LogP contribution is -2.33. The lowest BCUT2D eigenvalue weighted by molar-refractivity contribution is 0.0777. The van der Waals surface area contributed by atoms with Gasteiger partial charge in [-0.2, -0.15) is 0 Å². The summed E-state index contributed by atoms with van der Waals surface area (Å²) in [5.74, 6) is 1.11. The van der Waals surface area contributed by atoms with E-state index in [1.807, 2.05) is 42.7 Å². The van der Waals surface area contributed by atoms with E-state index in [-0.39, 0.29) is 23.3 Å². The van der Waals surface area contributed by atoms with Gasteiger partial charge in [-0.15, -0.1) is 0 Å². The number of hydrogen-bond acceptors (Lipinski definition) is 6. The molecule has 1 aliphatic rings. The molecule has 34 heavy (non-hydrogen) atoms. The van der Waals surface area contributed by atoms with Crippen LogP contribution >= 0.6 is 0 Å². The summed E-state index contributed by atoms with van der Waals surface area (Å²) in [5.41, 5.74) is 1.64. The molecule has 0 saturated carbocycles. The summed E-state index contributed by atoms with van der Waals surface area (Å²) in [6, 6.07) is 11.7. The zero-order valence-electron chi connectivity index (χ0n) is 19.5. The number of carbonyl (C=O) groups excluding carboxylic acids is 1. The molecular formula is C24H27N3O6S. The van der Waals surface area contributed by atoms with Gasteiger partial charge in [-0.1, -0.05) is 12.1 Å². The van der Waals surface area contributed by atoms with Crippen LogP contribution < -0.4 is 15.0 Å². The first-order chi connectivity index (χ1) is 16.1. The van der Waals surface area contributed by atoms with Gasteiger partial charge >= 0.3 is 0 Å². The van der Waals surface area contributed by atoms with Crippen molar-refractivity contribution in [2.75, 3.05) is 20.7 Å². The number of nitrogens with zero attached hydrogens (tertiary/aromatic N) is 3. The van der Waals surface area contributed by atoms with Crippen molar-refractivity contribution < 1.29 is 22.7 Å². The highest BCUT2D eigenvalue weighted by Crippen LogP contribution is 2.31. The van der Waals surface area contributed by atoms with Gasteiger partial charge in [0.2, 0.25) is 10.0 Å². The van der Waals surface area contributed by atoms with Gasteiger partial charge in [0.1, 0.15) is 6.61 Å². The Morgan fingerprint density at radius 2 is 1.82 bits per heavy atom. The maximum atomic E-state index is 13.1. The van der Waals surface area contributed by atoms with Crippen LogP contribution in [-0.4, -0.2) is 54.4 Å². The molecule has 0 spiro atoms. The average molecular weight is 486 g/mol. The van der Waals surface area contributed by atoms with Crippen molar-refractivity contribution in [1.29, 1.82) is 0 Å². The Bertz CT molecular complexity index is 1400. The Morgan fingerprint density at radius 1 is 1.12 bits per heavy atom. The van der Waals surface area contributed by atoms with Gasteiger partial charge in [-0.3, -0.25) is 9.59 Å². The molecule has 1 aliphatic heterocycles. The molecular weight excluding hydrogens is 458 g/mol. The number of aryl methyl sites for hydroxylation is 1. The first-order valence-electron chi connectivity index (χ1n) is 10.8. The zero-order chi connectivity index (χ0) is 24.6. The Hall–Kier alpha value is -3.37. The number of hydrogen-bond donors (Lipinski definition) is 0. The molecule has 10 heteroatoms. The van der Waals surface area contributed by atoms with Crippen LogP contribution in [0.4, 0.5) is 0 Å². The van der Waals surface area contributed by atoms with Crippen LogP contribution in [0.15, 0.2) is 58.4 Å². The Balaban J connectivity index is 1.55. The second-order valence-corrected chi connectivity index (χ2v) is 10.6. The number of sulfonamides is 1. The smallest absolute Gasteiger partial charge is 0.251 e. The fourth-order valence-corrected chi connectivity index (χ4v) is 4.88. The van der Waals surface area contributed by atoms with Gasteiger partial charge in [0.05, 0.1) is 18.0 Å². The maximum Gasteiger partial charge on any atom is 0.251 e. The van der Waals surface area contributed by atoms with Crippen molar-refractivity contribution >= 4 is 15.8 Å². The van der Waals surface area contributed by atoms with Gasteiger partial charge in [0.15, 0.2) is 23.4 Å². The molecule has 1 atom stereocenters. The average Bonchev–Trinajstić information content (AvgIpc) is 3.08. The van der Waals surface area contributed by atoms with E-state index in [0.29, 0.717) is 30.2 Å². The van der Waals surface area contributed by atoms with Gasteiger partial charge in [0, 0.05) is 43.3 Å². The van der Waals surface area contributed by atoms with Crippen molar-refractivity contribution in [3.63, 3.8) is 0 Å². The van der Waals surface area contributed by atoms with Crippen LogP contribution in [-0.2, 0) is 23.1 Å². The largest absolute Gasteiger partial charge is 0.486 e. The molecule has 180 valence electrons. The third-order valence-corrected chi connectivity index (χ3v) is 7.68. The maximum absolute atomic E-state index is 13.1. The Kier molecular flexibility index (Phi) is 6.37. The summed E-state index contributed by atoms with van der Waals surface area (Å²) in [4.78, 5) is 25.4. The quantitative estimate of drug-likeness (QED) is 0.476. The van der Waals surface area contributed by atoms with Gasteiger partial charge in [-0.25, -0.2) is 12.7 Å². The number of rotatable bonds is 7. The summed E-state index contributed by atoms with van der Waals surface area (Å²) < 4.78 is 40.9. The number of carbonyl (C=O) groups is 1. The van der Waals surface area contributed by atoms with Crippen LogP contribution in [0.2, 0.25) is 0 Å². The summed E-state index contributed by atoms with van der Waals surface area (Å²) in [6.07, 6.45) is 0.984. The second kappa shape index (κ2) is 9.11. The molecule has 0 fully saturated rings. The minimum Gasteiger partial charge on any atom is -0.486 e. The topological polar surface area (TPSA) is 99.8 Å². The number of aromatic nitrogens is 2. The summed E-state index contributed by atoms with van der Waals surface area (Å²) in [5, 5.41) is 0. The molecule has 0 aliphatic carbocycles. The van der Waals surface area contributed by atoms with Gasteiger partial charge < -0.3 is 18.6 Å². The molecule has 3 aromatic rings. The first-order valence-corrected chi connectivity index (χ1v) is 12.2. The van der Waals surface area contributed by atoms with Crippen molar-refractivity contribution in [2.45, 2.75) is 37.9 Å². The van der Waals surface area contributed by atoms with Crippen LogP contribution in [0.3, 0.4) is 0 Å². The fraction of sp³-hybridized carbons (Fsp3) is 0.333. The van der Waals surface area contributed by atoms with E-state index >= 15 is 0 Å². The summed E-state index contributed by atoms with van der Waals surface area (Å²) in [6.45, 7) is 4.36. The minimum atomic E-state index is -3.73. The highest BCUT2D eigenvalue weighted by molar-refractivity contribution is 7.89. The Labute approximate surface area is 198 Å². The predicted molar refractivity (Wildman–Crippen MR) is 126 cm³/mol. The van der Waals surface area contributed by atoms with E-state index in [1.165, 1.54) is 26.4 Å². The van der Waals surface area contributed by atoms with E-state index in [4.69, 9.17) is 9.47 Å². The van der Waals surface area contributed by atoms with Crippen molar-refractivity contribution in [3.05, 3.63) is 76.0 Å². The molecule has 0 radical (unpaired) electrons. The Morgan fingerprint density at radius 3 is 2.53 bits per heavy atom.